The van der Waals surface area contributed by atoms with Crippen LogP contribution in [0.4, 0.5) is 5.82 Å². The van der Waals surface area contributed by atoms with Gasteiger partial charge in [-0.3, -0.25) is 4.79 Å². The smallest absolute Gasteiger partial charge is 0.257 e. The maximum absolute atomic E-state index is 12.2. The Balaban J connectivity index is 1.76. The van der Waals surface area contributed by atoms with Gasteiger partial charge in [0.15, 0.2) is 0 Å². The minimum Gasteiger partial charge on any atom is -0.439 e. The van der Waals surface area contributed by atoms with E-state index in [9.17, 15) is 4.79 Å². The Bertz CT molecular complexity index is 786. The average Bonchev–Trinajstić information content (AvgIpc) is 2.94. The number of hydrogen-bond donors (Lipinski definition) is 1. The van der Waals surface area contributed by atoms with Crippen LogP contribution in [0.3, 0.4) is 0 Å². The van der Waals surface area contributed by atoms with Crippen molar-refractivity contribution in [1.29, 1.82) is 0 Å². The number of carbonyl (C=O) groups excluding carboxylic acids is 1. The first kappa shape index (κ1) is 13.7. The number of nitrogens with one attached hydrogen (secondary N) is 1. The SMILES string of the molecule is Cc1nonc1NC(=O)c1cccc(Oc2ccccn2)c1. The molecule has 0 aliphatic heterocycles. The van der Waals surface area contributed by atoms with Crippen LogP contribution in [0.5, 0.6) is 11.6 Å². The lowest BCUT2D eigenvalue weighted by Crippen LogP contribution is -2.12. The van der Waals surface area contributed by atoms with Gasteiger partial charge in [-0.1, -0.05) is 17.3 Å². The lowest BCUT2D eigenvalue weighted by molar-refractivity contribution is 0.102. The van der Waals surface area contributed by atoms with Crippen LogP contribution < -0.4 is 10.1 Å². The quantitative estimate of drug-likeness (QED) is 0.796. The molecule has 3 aromatic rings. The molecular weight excluding hydrogens is 284 g/mol. The number of amides is 1. The van der Waals surface area contributed by atoms with Gasteiger partial charge in [-0.15, -0.1) is 0 Å². The Morgan fingerprint density at radius 1 is 1.18 bits per heavy atom. The summed E-state index contributed by atoms with van der Waals surface area (Å²) < 4.78 is 10.1. The molecule has 0 spiro atoms. The third-order valence-corrected chi connectivity index (χ3v) is 2.84. The second-order valence-corrected chi connectivity index (χ2v) is 4.45. The Morgan fingerprint density at radius 3 is 2.82 bits per heavy atom. The average molecular weight is 296 g/mol. The summed E-state index contributed by atoms with van der Waals surface area (Å²) in [5.74, 6) is 0.935. The highest BCUT2D eigenvalue weighted by Crippen LogP contribution is 2.20. The Kier molecular flexibility index (Phi) is 3.78. The molecule has 0 aliphatic rings. The standard InChI is InChI=1S/C15H12N4O3/c1-10-14(19-22-18-10)17-15(20)11-5-4-6-12(9-11)21-13-7-2-3-8-16-13/h2-9H,1H3,(H,17,19,20). The lowest BCUT2D eigenvalue weighted by atomic mass is 10.2. The van der Waals surface area contributed by atoms with Crippen molar-refractivity contribution in [3.63, 3.8) is 0 Å². The summed E-state index contributed by atoms with van der Waals surface area (Å²) in [7, 11) is 0. The van der Waals surface area contributed by atoms with Crippen molar-refractivity contribution < 1.29 is 14.2 Å². The molecule has 0 atom stereocenters. The van der Waals surface area contributed by atoms with Crippen molar-refractivity contribution in [1.82, 2.24) is 15.3 Å². The molecule has 2 aromatic heterocycles. The molecule has 0 aliphatic carbocycles. The van der Waals surface area contributed by atoms with Gasteiger partial charge < -0.3 is 10.1 Å². The summed E-state index contributed by atoms with van der Waals surface area (Å²) in [6.45, 7) is 1.69. The molecule has 22 heavy (non-hydrogen) atoms. The van der Waals surface area contributed by atoms with E-state index in [1.165, 1.54) is 0 Å². The Labute approximate surface area is 125 Å². The van der Waals surface area contributed by atoms with E-state index in [0.29, 0.717) is 28.7 Å². The number of aryl methyl sites for hydroxylation is 1. The molecule has 0 saturated carbocycles. The third-order valence-electron chi connectivity index (χ3n) is 2.84. The van der Waals surface area contributed by atoms with E-state index in [4.69, 9.17) is 4.74 Å². The maximum atomic E-state index is 12.2. The number of ether oxygens (including phenoxy) is 1. The molecule has 7 heteroatoms. The van der Waals surface area contributed by atoms with E-state index in [1.54, 1.807) is 49.5 Å². The highest BCUT2D eigenvalue weighted by atomic mass is 16.6. The molecule has 0 radical (unpaired) electrons. The fourth-order valence-corrected chi connectivity index (χ4v) is 1.75. The lowest BCUT2D eigenvalue weighted by Gasteiger charge is -2.06. The van der Waals surface area contributed by atoms with Gasteiger partial charge in [-0.05, 0) is 36.3 Å². The van der Waals surface area contributed by atoms with Gasteiger partial charge in [0.1, 0.15) is 11.4 Å². The third kappa shape index (κ3) is 3.09. The van der Waals surface area contributed by atoms with E-state index in [2.05, 4.69) is 25.2 Å². The summed E-state index contributed by atoms with van der Waals surface area (Å²) in [5, 5.41) is 9.84. The topological polar surface area (TPSA) is 90.1 Å². The zero-order valence-corrected chi connectivity index (χ0v) is 11.7. The van der Waals surface area contributed by atoms with Gasteiger partial charge in [0.05, 0.1) is 0 Å². The number of nitrogens with zero attached hydrogens (tertiary/aromatic N) is 3. The molecule has 2 heterocycles. The molecule has 0 unspecified atom stereocenters. The van der Waals surface area contributed by atoms with E-state index in [0.717, 1.165) is 0 Å². The summed E-state index contributed by atoms with van der Waals surface area (Å²) in [5.41, 5.74) is 0.935. The molecule has 1 amide bonds. The number of pyridine rings is 1. The largest absolute Gasteiger partial charge is 0.439 e. The Morgan fingerprint density at radius 2 is 2.09 bits per heavy atom. The van der Waals surface area contributed by atoms with Crippen LogP contribution in [0, 0.1) is 6.92 Å². The number of hydrogen-bond acceptors (Lipinski definition) is 6. The van der Waals surface area contributed by atoms with Crippen LogP contribution in [-0.2, 0) is 0 Å². The van der Waals surface area contributed by atoms with Crippen molar-refractivity contribution in [2.45, 2.75) is 6.92 Å². The van der Waals surface area contributed by atoms with Crippen molar-refractivity contribution in [2.24, 2.45) is 0 Å². The first-order chi connectivity index (χ1) is 10.7. The summed E-state index contributed by atoms with van der Waals surface area (Å²) in [4.78, 5) is 16.2. The van der Waals surface area contributed by atoms with Gasteiger partial charge in [0.25, 0.3) is 5.91 Å². The van der Waals surface area contributed by atoms with Crippen LogP contribution in [0.25, 0.3) is 0 Å². The molecule has 1 N–H and O–H groups in total. The molecule has 0 fully saturated rings. The predicted octanol–water partition coefficient (Wildman–Crippen LogP) is 2.82. The van der Waals surface area contributed by atoms with Crippen molar-refractivity contribution in [3.8, 4) is 11.6 Å². The molecule has 7 nitrogen and oxygen atoms in total. The molecule has 110 valence electrons. The number of carbonyl (C=O) groups is 1. The highest BCUT2D eigenvalue weighted by Gasteiger charge is 2.12. The van der Waals surface area contributed by atoms with Crippen LogP contribution >= 0.6 is 0 Å². The molecule has 1 aromatic carbocycles. The molecule has 3 rings (SSSR count). The van der Waals surface area contributed by atoms with E-state index >= 15 is 0 Å². The van der Waals surface area contributed by atoms with E-state index in [1.807, 2.05) is 6.07 Å². The number of aromatic nitrogens is 3. The second-order valence-electron chi connectivity index (χ2n) is 4.45. The normalized spacial score (nSPS) is 10.2. The fourth-order valence-electron chi connectivity index (χ4n) is 1.75. The number of benzene rings is 1. The van der Waals surface area contributed by atoms with Crippen LogP contribution in [0.2, 0.25) is 0 Å². The van der Waals surface area contributed by atoms with Crippen molar-refractivity contribution in [3.05, 3.63) is 59.9 Å². The van der Waals surface area contributed by atoms with Crippen molar-refractivity contribution in [2.75, 3.05) is 5.32 Å². The van der Waals surface area contributed by atoms with Crippen LogP contribution in [-0.4, -0.2) is 21.2 Å². The number of anilines is 1. The monoisotopic (exact) mass is 296 g/mol. The maximum Gasteiger partial charge on any atom is 0.257 e. The van der Waals surface area contributed by atoms with Crippen LogP contribution in [0.15, 0.2) is 53.3 Å². The zero-order valence-electron chi connectivity index (χ0n) is 11.7. The van der Waals surface area contributed by atoms with Gasteiger partial charge in [-0.25, -0.2) is 9.61 Å². The summed E-state index contributed by atoms with van der Waals surface area (Å²) in [6, 6.07) is 12.1. The first-order valence-electron chi connectivity index (χ1n) is 6.52. The summed E-state index contributed by atoms with van der Waals surface area (Å²) >= 11 is 0. The minimum absolute atomic E-state index is 0.293. The van der Waals surface area contributed by atoms with Crippen LogP contribution in [0.1, 0.15) is 16.1 Å². The van der Waals surface area contributed by atoms with Gasteiger partial charge in [0, 0.05) is 17.8 Å². The predicted molar refractivity (Wildman–Crippen MR) is 77.7 cm³/mol. The number of rotatable bonds is 4. The highest BCUT2D eigenvalue weighted by molar-refractivity contribution is 6.04. The minimum atomic E-state index is -0.328. The fraction of sp³-hybridized carbons (Fsp3) is 0.0667. The van der Waals surface area contributed by atoms with Gasteiger partial charge in [0.2, 0.25) is 11.7 Å². The van der Waals surface area contributed by atoms with E-state index < -0.39 is 0 Å². The van der Waals surface area contributed by atoms with Gasteiger partial charge in [-0.2, -0.15) is 0 Å². The summed E-state index contributed by atoms with van der Waals surface area (Å²) in [6.07, 6.45) is 1.63. The molecule has 0 bridgehead atoms. The zero-order chi connectivity index (χ0) is 15.4. The molecule has 0 saturated heterocycles. The Hall–Kier alpha value is -3.22. The first-order valence-corrected chi connectivity index (χ1v) is 6.52. The van der Waals surface area contributed by atoms with E-state index in [-0.39, 0.29) is 5.91 Å². The van der Waals surface area contributed by atoms with Gasteiger partial charge >= 0.3 is 0 Å². The van der Waals surface area contributed by atoms with Crippen molar-refractivity contribution >= 4 is 11.7 Å². The molecular formula is C15H12N4O3. The second kappa shape index (κ2) is 6.04.